The fraction of sp³-hybridized carbons (Fsp3) is 0.417. The number of rotatable bonds is 2. The van der Waals surface area contributed by atoms with Gasteiger partial charge in [-0.05, 0) is 19.1 Å². The monoisotopic (exact) mass is 253 g/mol. The lowest BCUT2D eigenvalue weighted by Gasteiger charge is -2.15. The van der Waals surface area contributed by atoms with Crippen molar-refractivity contribution in [2.24, 2.45) is 5.92 Å². The van der Waals surface area contributed by atoms with Gasteiger partial charge in [0, 0.05) is 12.5 Å². The molecule has 1 aromatic carbocycles. The highest BCUT2D eigenvalue weighted by molar-refractivity contribution is 7.89. The first-order valence-electron chi connectivity index (χ1n) is 5.51. The van der Waals surface area contributed by atoms with Crippen LogP contribution in [0.5, 0.6) is 0 Å². The summed E-state index contributed by atoms with van der Waals surface area (Å²) in [4.78, 5) is 11.7. The molecule has 1 unspecified atom stereocenters. The number of carbonyl (C=O) groups excluding carboxylic acids is 1. The number of benzene rings is 1. The van der Waals surface area contributed by atoms with Crippen molar-refractivity contribution >= 4 is 15.8 Å². The molecule has 1 aliphatic rings. The zero-order chi connectivity index (χ0) is 12.6. The summed E-state index contributed by atoms with van der Waals surface area (Å²) < 4.78 is 25.7. The van der Waals surface area contributed by atoms with Gasteiger partial charge in [-0.25, -0.2) is 8.42 Å². The summed E-state index contributed by atoms with van der Waals surface area (Å²) in [7, 11) is -3.51. The summed E-state index contributed by atoms with van der Waals surface area (Å²) >= 11 is 0. The number of carbonyl (C=O) groups is 1. The second-order valence-electron chi connectivity index (χ2n) is 4.48. The van der Waals surface area contributed by atoms with Gasteiger partial charge in [-0.15, -0.1) is 0 Å². The van der Waals surface area contributed by atoms with Crippen molar-refractivity contribution in [3.05, 3.63) is 29.8 Å². The maximum Gasteiger partial charge on any atom is 0.243 e. The van der Waals surface area contributed by atoms with Gasteiger partial charge < -0.3 is 0 Å². The van der Waals surface area contributed by atoms with Crippen LogP contribution in [0.15, 0.2) is 29.2 Å². The van der Waals surface area contributed by atoms with E-state index in [-0.39, 0.29) is 29.7 Å². The molecule has 0 N–H and O–H groups in total. The van der Waals surface area contributed by atoms with E-state index >= 15 is 0 Å². The molecule has 0 aromatic heterocycles. The lowest BCUT2D eigenvalue weighted by molar-refractivity contribution is -0.119. The number of hydrogen-bond donors (Lipinski definition) is 0. The molecule has 4 nitrogen and oxygen atoms in total. The predicted octanol–water partition coefficient (Wildman–Crippen LogP) is 1.20. The smallest absolute Gasteiger partial charge is 0.243 e. The maximum absolute atomic E-state index is 12.2. The van der Waals surface area contributed by atoms with Crippen LogP contribution in [-0.4, -0.2) is 31.6 Å². The number of ketones is 1. The molecule has 0 spiro atoms. The Morgan fingerprint density at radius 3 is 2.29 bits per heavy atom. The molecule has 5 heteroatoms. The molecule has 92 valence electrons. The van der Waals surface area contributed by atoms with Crippen LogP contribution in [0.25, 0.3) is 0 Å². The van der Waals surface area contributed by atoms with Gasteiger partial charge in [-0.1, -0.05) is 24.6 Å². The molecular weight excluding hydrogens is 238 g/mol. The van der Waals surface area contributed by atoms with Gasteiger partial charge in [0.15, 0.2) is 5.78 Å². The number of hydrogen-bond acceptors (Lipinski definition) is 3. The minimum atomic E-state index is -3.51. The Bertz CT molecular complexity index is 533. The first-order valence-corrected chi connectivity index (χ1v) is 6.95. The van der Waals surface area contributed by atoms with Crippen molar-refractivity contribution in [2.75, 3.05) is 13.1 Å². The van der Waals surface area contributed by atoms with Crippen molar-refractivity contribution in [3.8, 4) is 0 Å². The summed E-state index contributed by atoms with van der Waals surface area (Å²) in [6.07, 6.45) is 0. The molecule has 0 saturated carbocycles. The minimum Gasteiger partial charge on any atom is -0.298 e. The van der Waals surface area contributed by atoms with E-state index in [0.717, 1.165) is 5.56 Å². The van der Waals surface area contributed by atoms with Crippen LogP contribution < -0.4 is 0 Å². The van der Waals surface area contributed by atoms with Gasteiger partial charge in [0.25, 0.3) is 0 Å². The predicted molar refractivity (Wildman–Crippen MR) is 64.1 cm³/mol. The molecule has 1 aliphatic heterocycles. The van der Waals surface area contributed by atoms with E-state index in [2.05, 4.69) is 0 Å². The van der Waals surface area contributed by atoms with E-state index in [9.17, 15) is 13.2 Å². The van der Waals surface area contributed by atoms with Gasteiger partial charge in [-0.3, -0.25) is 4.79 Å². The average Bonchev–Trinajstić information content (AvgIpc) is 2.60. The van der Waals surface area contributed by atoms with E-state index in [1.165, 1.54) is 4.31 Å². The average molecular weight is 253 g/mol. The van der Waals surface area contributed by atoms with Crippen LogP contribution in [0.4, 0.5) is 0 Å². The third kappa shape index (κ3) is 2.25. The fourth-order valence-electron chi connectivity index (χ4n) is 1.84. The molecular formula is C12H15NO3S. The third-order valence-electron chi connectivity index (χ3n) is 3.02. The summed E-state index contributed by atoms with van der Waals surface area (Å²) in [6, 6.07) is 6.68. The van der Waals surface area contributed by atoms with Gasteiger partial charge in [0.1, 0.15) is 0 Å². The van der Waals surface area contributed by atoms with Gasteiger partial charge >= 0.3 is 0 Å². The Kier molecular flexibility index (Phi) is 3.05. The second-order valence-corrected chi connectivity index (χ2v) is 6.42. The summed E-state index contributed by atoms with van der Waals surface area (Å²) in [5.41, 5.74) is 1.01. The van der Waals surface area contributed by atoms with Crippen molar-refractivity contribution in [3.63, 3.8) is 0 Å². The normalized spacial score (nSPS) is 22.0. The highest BCUT2D eigenvalue weighted by atomic mass is 32.2. The van der Waals surface area contributed by atoms with Crippen LogP contribution in [0, 0.1) is 12.8 Å². The van der Waals surface area contributed by atoms with Crippen LogP contribution in [0.3, 0.4) is 0 Å². The van der Waals surface area contributed by atoms with Crippen LogP contribution >= 0.6 is 0 Å². The highest BCUT2D eigenvalue weighted by Gasteiger charge is 2.35. The van der Waals surface area contributed by atoms with Crippen molar-refractivity contribution in [2.45, 2.75) is 18.7 Å². The van der Waals surface area contributed by atoms with Gasteiger partial charge in [-0.2, -0.15) is 4.31 Å². The van der Waals surface area contributed by atoms with Crippen LogP contribution in [0.2, 0.25) is 0 Å². The first-order chi connectivity index (χ1) is 7.91. The van der Waals surface area contributed by atoms with E-state index in [1.54, 1.807) is 31.2 Å². The topological polar surface area (TPSA) is 54.5 Å². The molecule has 1 saturated heterocycles. The summed E-state index contributed by atoms with van der Waals surface area (Å²) in [6.45, 7) is 3.94. The molecule has 1 atom stereocenters. The third-order valence-corrected chi connectivity index (χ3v) is 4.84. The molecule has 1 fully saturated rings. The van der Waals surface area contributed by atoms with Crippen molar-refractivity contribution < 1.29 is 13.2 Å². The van der Waals surface area contributed by atoms with Crippen molar-refractivity contribution in [1.29, 1.82) is 0 Å². The molecule has 2 rings (SSSR count). The second kappa shape index (κ2) is 4.23. The Balaban J connectivity index is 2.31. The minimum absolute atomic E-state index is 0.00260. The number of nitrogens with zero attached hydrogens (tertiary/aromatic N) is 1. The molecule has 1 aromatic rings. The van der Waals surface area contributed by atoms with Crippen LogP contribution in [-0.2, 0) is 14.8 Å². The lowest BCUT2D eigenvalue weighted by Crippen LogP contribution is -2.29. The number of sulfonamides is 1. The largest absolute Gasteiger partial charge is 0.298 e. The van der Waals surface area contributed by atoms with E-state index < -0.39 is 10.0 Å². The summed E-state index contributed by atoms with van der Waals surface area (Å²) in [5, 5.41) is 0. The Morgan fingerprint density at radius 2 is 1.82 bits per heavy atom. The zero-order valence-corrected chi connectivity index (χ0v) is 10.7. The lowest BCUT2D eigenvalue weighted by atomic mass is 10.1. The quantitative estimate of drug-likeness (QED) is 0.796. The zero-order valence-electron chi connectivity index (χ0n) is 9.88. The van der Waals surface area contributed by atoms with Crippen LogP contribution in [0.1, 0.15) is 12.5 Å². The Labute approximate surface area is 101 Å². The molecule has 0 amide bonds. The number of Topliss-reactive ketones (excluding diaryl/α,β-unsaturated/α-hetero) is 1. The molecule has 0 aliphatic carbocycles. The van der Waals surface area contributed by atoms with Crippen molar-refractivity contribution in [1.82, 2.24) is 4.31 Å². The van der Waals surface area contributed by atoms with Gasteiger partial charge in [0.2, 0.25) is 10.0 Å². The van der Waals surface area contributed by atoms with E-state index in [4.69, 9.17) is 0 Å². The molecule has 0 bridgehead atoms. The Morgan fingerprint density at radius 1 is 1.24 bits per heavy atom. The molecule has 0 radical (unpaired) electrons. The highest BCUT2D eigenvalue weighted by Crippen LogP contribution is 2.22. The van der Waals surface area contributed by atoms with Gasteiger partial charge in [0.05, 0.1) is 11.4 Å². The molecule has 1 heterocycles. The summed E-state index contributed by atoms with van der Waals surface area (Å²) in [5.74, 6) is -0.212. The molecule has 17 heavy (non-hydrogen) atoms. The standard InChI is InChI=1S/C12H15NO3S/c1-9-3-5-11(6-4-9)17(15,16)13-7-10(2)12(14)8-13/h3-6,10H,7-8H2,1-2H3. The first kappa shape index (κ1) is 12.3. The Hall–Kier alpha value is -1.20. The SMILES string of the molecule is Cc1ccc(S(=O)(=O)N2CC(=O)C(C)C2)cc1. The number of aryl methyl sites for hydroxylation is 1. The maximum atomic E-state index is 12.2. The fourth-order valence-corrected chi connectivity index (χ4v) is 3.34. The van der Waals surface area contributed by atoms with E-state index in [0.29, 0.717) is 0 Å². The van der Waals surface area contributed by atoms with E-state index in [1.807, 2.05) is 6.92 Å².